The first-order valence-corrected chi connectivity index (χ1v) is 10.7. The van der Waals surface area contributed by atoms with Gasteiger partial charge in [0.1, 0.15) is 17.1 Å². The van der Waals surface area contributed by atoms with E-state index >= 15 is 0 Å². The van der Waals surface area contributed by atoms with Crippen LogP contribution in [0.15, 0.2) is 60.7 Å². The summed E-state index contributed by atoms with van der Waals surface area (Å²) in [5, 5.41) is 21.1. The van der Waals surface area contributed by atoms with Crippen LogP contribution >= 0.6 is 0 Å². The minimum atomic E-state index is -0.543. The van der Waals surface area contributed by atoms with E-state index in [2.05, 4.69) is 41.5 Å². The zero-order chi connectivity index (χ0) is 23.8. The second-order valence-electron chi connectivity index (χ2n) is 10.2. The van der Waals surface area contributed by atoms with Gasteiger partial charge in [-0.2, -0.15) is 0 Å². The predicted octanol–water partition coefficient (Wildman–Crippen LogP) is 6.15. The van der Waals surface area contributed by atoms with Gasteiger partial charge in [-0.05, 0) is 34.1 Å². The van der Waals surface area contributed by atoms with Crippen LogP contribution in [0, 0.1) is 0 Å². The van der Waals surface area contributed by atoms with Crippen molar-refractivity contribution in [1.82, 2.24) is 0 Å². The number of phenols is 2. The summed E-state index contributed by atoms with van der Waals surface area (Å²) in [4.78, 5) is 26.1. The highest BCUT2D eigenvalue weighted by Crippen LogP contribution is 2.34. The van der Waals surface area contributed by atoms with Gasteiger partial charge in [0.2, 0.25) is 5.78 Å². The fourth-order valence-electron chi connectivity index (χ4n) is 3.53. The largest absolute Gasteiger partial charge is 0.507 e. The van der Waals surface area contributed by atoms with Crippen molar-refractivity contribution in [2.24, 2.45) is 0 Å². The van der Waals surface area contributed by atoms with Crippen LogP contribution in [0.1, 0.15) is 84.5 Å². The van der Waals surface area contributed by atoms with Gasteiger partial charge < -0.3 is 10.2 Å². The molecule has 166 valence electrons. The summed E-state index contributed by atoms with van der Waals surface area (Å²) in [5.74, 6) is -1.84. The molecule has 2 N–H and O–H groups in total. The Labute approximate surface area is 189 Å². The lowest BCUT2D eigenvalue weighted by Crippen LogP contribution is -2.12. The van der Waals surface area contributed by atoms with Gasteiger partial charge in [0.25, 0.3) is 0 Å². The molecule has 0 saturated carbocycles. The predicted molar refractivity (Wildman–Crippen MR) is 127 cm³/mol. The molecule has 3 rings (SSSR count). The van der Waals surface area contributed by atoms with E-state index < -0.39 is 17.3 Å². The summed E-state index contributed by atoms with van der Waals surface area (Å²) >= 11 is 0. The number of benzene rings is 3. The number of carbonyl (C=O) groups is 2. The smallest absolute Gasteiger partial charge is 0.200 e. The first-order chi connectivity index (χ1) is 14.8. The minimum absolute atomic E-state index is 0.0269. The summed E-state index contributed by atoms with van der Waals surface area (Å²) in [6, 6.07) is 16.8. The van der Waals surface area contributed by atoms with E-state index in [0.717, 1.165) is 11.1 Å². The van der Waals surface area contributed by atoms with Crippen molar-refractivity contribution in [1.29, 1.82) is 0 Å². The number of hydrogen-bond donors (Lipinski definition) is 2. The summed E-state index contributed by atoms with van der Waals surface area (Å²) in [6.45, 7) is 12.5. The second kappa shape index (κ2) is 8.27. The molecular weight excluding hydrogens is 400 g/mol. The lowest BCUT2D eigenvalue weighted by molar-refractivity contribution is 0.103. The average Bonchev–Trinajstić information content (AvgIpc) is 2.72. The molecule has 0 unspecified atom stereocenters. The van der Waals surface area contributed by atoms with Crippen LogP contribution < -0.4 is 0 Å². The molecule has 3 aromatic rings. The molecular formula is C28H30O4. The molecule has 0 radical (unpaired) electrons. The number of phenolic OH excluding ortho intramolecular Hbond substituents is 2. The molecule has 0 bridgehead atoms. The fraction of sp³-hybridized carbons (Fsp3) is 0.286. The molecule has 0 aliphatic rings. The highest BCUT2D eigenvalue weighted by atomic mass is 16.3. The summed E-state index contributed by atoms with van der Waals surface area (Å²) in [5.41, 5.74) is 2.44. The quantitative estimate of drug-likeness (QED) is 0.487. The van der Waals surface area contributed by atoms with E-state index in [1.165, 1.54) is 12.1 Å². The van der Waals surface area contributed by atoms with Crippen molar-refractivity contribution < 1.29 is 19.8 Å². The molecule has 0 spiro atoms. The van der Waals surface area contributed by atoms with E-state index in [9.17, 15) is 19.8 Å². The van der Waals surface area contributed by atoms with Gasteiger partial charge in [-0.3, -0.25) is 9.59 Å². The number of aromatic hydroxyl groups is 2. The lowest BCUT2D eigenvalue weighted by Gasteiger charge is -2.19. The molecule has 0 aromatic heterocycles. The van der Waals surface area contributed by atoms with Gasteiger partial charge >= 0.3 is 0 Å². The maximum atomic E-state index is 13.1. The van der Waals surface area contributed by atoms with Gasteiger partial charge in [-0.25, -0.2) is 0 Å². The first kappa shape index (κ1) is 23.3. The molecule has 0 heterocycles. The monoisotopic (exact) mass is 430 g/mol. The molecule has 32 heavy (non-hydrogen) atoms. The average molecular weight is 431 g/mol. The van der Waals surface area contributed by atoms with Gasteiger partial charge in [-0.1, -0.05) is 90.1 Å². The standard InChI is InChI=1S/C28H30O4/c1-27(2,3)19-11-7-17(8-12-19)24(30)21-15-16-22(29)23(26(21)32)25(31)18-9-13-20(14-10-18)28(4,5)6/h7-16,29,32H,1-6H3. The van der Waals surface area contributed by atoms with Crippen LogP contribution in [-0.4, -0.2) is 21.8 Å². The molecule has 0 saturated heterocycles. The number of carbonyl (C=O) groups excluding carboxylic acids is 2. The van der Waals surface area contributed by atoms with Crippen molar-refractivity contribution in [3.05, 3.63) is 94.0 Å². The van der Waals surface area contributed by atoms with Crippen LogP contribution in [0.4, 0.5) is 0 Å². The number of ketones is 2. The van der Waals surface area contributed by atoms with Crippen molar-refractivity contribution in [2.75, 3.05) is 0 Å². The highest BCUT2D eigenvalue weighted by molar-refractivity contribution is 6.17. The molecule has 0 aliphatic carbocycles. The van der Waals surface area contributed by atoms with Crippen LogP contribution in [0.2, 0.25) is 0 Å². The van der Waals surface area contributed by atoms with Gasteiger partial charge in [0, 0.05) is 11.1 Å². The Balaban J connectivity index is 1.98. The Morgan fingerprint density at radius 1 is 0.594 bits per heavy atom. The zero-order valence-corrected chi connectivity index (χ0v) is 19.5. The fourth-order valence-corrected chi connectivity index (χ4v) is 3.53. The lowest BCUT2D eigenvalue weighted by atomic mass is 9.85. The van der Waals surface area contributed by atoms with Crippen molar-refractivity contribution in [3.63, 3.8) is 0 Å². The van der Waals surface area contributed by atoms with Crippen LogP contribution in [0.3, 0.4) is 0 Å². The van der Waals surface area contributed by atoms with Crippen molar-refractivity contribution in [3.8, 4) is 11.5 Å². The zero-order valence-electron chi connectivity index (χ0n) is 19.5. The summed E-state index contributed by atoms with van der Waals surface area (Å²) < 4.78 is 0. The Bertz CT molecular complexity index is 1160. The topological polar surface area (TPSA) is 74.6 Å². The van der Waals surface area contributed by atoms with E-state index in [0.29, 0.717) is 11.1 Å². The maximum absolute atomic E-state index is 13.1. The van der Waals surface area contributed by atoms with Gasteiger partial charge in [0.05, 0.1) is 5.56 Å². The maximum Gasteiger partial charge on any atom is 0.200 e. The highest BCUT2D eigenvalue weighted by Gasteiger charge is 2.25. The number of hydrogen-bond acceptors (Lipinski definition) is 4. The third-order valence-corrected chi connectivity index (χ3v) is 5.65. The molecule has 0 amide bonds. The van der Waals surface area contributed by atoms with Crippen LogP contribution in [-0.2, 0) is 10.8 Å². The normalized spacial score (nSPS) is 11.9. The molecule has 0 atom stereocenters. The van der Waals surface area contributed by atoms with E-state index in [-0.39, 0.29) is 27.7 Å². The third-order valence-electron chi connectivity index (χ3n) is 5.65. The minimum Gasteiger partial charge on any atom is -0.507 e. The Hall–Kier alpha value is -3.40. The molecule has 0 aliphatic heterocycles. The van der Waals surface area contributed by atoms with E-state index in [4.69, 9.17) is 0 Å². The van der Waals surface area contributed by atoms with Crippen LogP contribution in [0.25, 0.3) is 0 Å². The first-order valence-electron chi connectivity index (χ1n) is 10.7. The SMILES string of the molecule is CC(C)(C)c1ccc(C(=O)c2ccc(O)c(C(=O)c3ccc(C(C)(C)C)cc3)c2O)cc1. The molecule has 4 nitrogen and oxygen atoms in total. The van der Waals surface area contributed by atoms with Crippen LogP contribution in [0.5, 0.6) is 11.5 Å². The van der Waals surface area contributed by atoms with Gasteiger partial charge in [0.15, 0.2) is 5.78 Å². The molecule has 4 heteroatoms. The molecule has 0 fully saturated rings. The van der Waals surface area contributed by atoms with E-state index in [1.54, 1.807) is 24.3 Å². The summed E-state index contributed by atoms with van der Waals surface area (Å²) in [7, 11) is 0. The summed E-state index contributed by atoms with van der Waals surface area (Å²) in [6.07, 6.45) is 0. The third kappa shape index (κ3) is 4.59. The van der Waals surface area contributed by atoms with Crippen molar-refractivity contribution in [2.45, 2.75) is 52.4 Å². The Morgan fingerprint density at radius 2 is 1.00 bits per heavy atom. The molecule has 3 aromatic carbocycles. The Morgan fingerprint density at radius 3 is 1.41 bits per heavy atom. The Kier molecular flexibility index (Phi) is 6.01. The number of rotatable bonds is 4. The van der Waals surface area contributed by atoms with Gasteiger partial charge in [-0.15, -0.1) is 0 Å². The second-order valence-corrected chi connectivity index (χ2v) is 10.2. The van der Waals surface area contributed by atoms with Crippen molar-refractivity contribution >= 4 is 11.6 Å². The van der Waals surface area contributed by atoms with E-state index in [1.807, 2.05) is 24.3 Å².